The number of sulfonamides is 1. The minimum absolute atomic E-state index is 0.0665. The molecule has 4 atom stereocenters. The van der Waals surface area contributed by atoms with Crippen LogP contribution < -0.4 is 36.6 Å². The molecule has 4 aromatic rings. The first-order valence-corrected chi connectivity index (χ1v) is 42.7. The molecule has 4 unspecified atom stereocenters. The second-order valence-corrected chi connectivity index (χ2v) is 34.2. The molecule has 588 valence electrons. The molecule has 25 heteroatoms. The van der Waals surface area contributed by atoms with Gasteiger partial charge in [0.05, 0.1) is 34.1 Å². The van der Waals surface area contributed by atoms with Crippen molar-refractivity contribution in [3.05, 3.63) is 67.8 Å². The summed E-state index contributed by atoms with van der Waals surface area (Å²) < 4.78 is 41.9. The van der Waals surface area contributed by atoms with Gasteiger partial charge >= 0.3 is 0 Å². The van der Waals surface area contributed by atoms with Crippen LogP contribution in [0.2, 0.25) is 0 Å². The number of ether oxygens (including phenoxy) is 1. The van der Waals surface area contributed by atoms with Crippen molar-refractivity contribution in [1.29, 1.82) is 0 Å². The number of rotatable bonds is 34. The zero-order valence-corrected chi connectivity index (χ0v) is 68.0. The van der Waals surface area contributed by atoms with Crippen molar-refractivity contribution in [2.45, 2.75) is 289 Å². The molecule has 4 aromatic heterocycles. The molecule has 4 saturated carbocycles. The van der Waals surface area contributed by atoms with Crippen LogP contribution in [0.5, 0.6) is 0 Å². The number of aryl methyl sites for hydroxylation is 4. The minimum atomic E-state index is -3.13. The molecule has 4 fully saturated rings. The highest BCUT2D eigenvalue weighted by Gasteiger charge is 2.42. The molecule has 4 aliphatic carbocycles. The van der Waals surface area contributed by atoms with Gasteiger partial charge in [-0.1, -0.05) is 20.8 Å². The largest absolute Gasteiger partial charge is 0.375 e. The standard InChI is InChI=1S/C21H37N5O.C21H38N4O.C19H33N5O.C18H33N5O2S/c1-5-23-20(27)21(2)10-8-16(9-11-21)19-17(15-25(4)14-12-22-3)24-26-13-6-7-18(19)26;1-5-21(26-6-2)11-9-17(10-12-21)20-18(16-24(4)15-13-22-3)23-25-14-7-8-19(20)25;1-4-18(25)21-15-8-7-14(12-15)19-16(13-23(3)11-9-20-2)22-24-10-5-6-17(19)24;1-4-26(24,25)21-15-8-7-14(12-15)18-16(13-22(3)11-9-19-2)20-23-10-5-6-17(18)23/h16,22H,5-15H2,1-4H3,(H,23,27);17,22H,5-16H2,1-4H3;14-15,20H,4-13H2,1-3H3,(H,21,25);14-15,19,21H,4-13H2,1-3H3. The van der Waals surface area contributed by atoms with Gasteiger partial charge in [-0.15, -0.1) is 0 Å². The third kappa shape index (κ3) is 21.8. The first kappa shape index (κ1) is 83.4. The smallest absolute Gasteiger partial charge is 0.225 e. The molecule has 0 spiro atoms. The second kappa shape index (κ2) is 40.1. The topological polar surface area (TPSA) is 246 Å². The van der Waals surface area contributed by atoms with E-state index in [-0.39, 0.29) is 34.6 Å². The SMILES string of the molecule is CCC(=O)NC1CCC(c2c(CN(C)CCNC)nn3c2CCC3)C1.CCNC(=O)C1(C)CCC(c2c(CN(C)CCNC)nn3c2CCC3)CC1.CCOC1(CC)CCC(c2c(CN(C)CCNC)nn3c2CCC3)CC1.CCS(=O)(=O)NC1CCC(c2c(CN(C)CCNC)nn3c2CCC3)C1. The second-order valence-electron chi connectivity index (χ2n) is 32.2. The summed E-state index contributed by atoms with van der Waals surface area (Å²) in [4.78, 5) is 33.6. The lowest BCUT2D eigenvalue weighted by Crippen LogP contribution is -2.41. The summed E-state index contributed by atoms with van der Waals surface area (Å²) in [5.41, 5.74) is 16.9. The minimum Gasteiger partial charge on any atom is -0.375 e. The van der Waals surface area contributed by atoms with Crippen LogP contribution in [0.15, 0.2) is 0 Å². The number of nitrogens with zero attached hydrogens (tertiary/aromatic N) is 12. The molecular weight excluding hydrogens is 1330 g/mol. The molecule has 8 heterocycles. The number of fused-ring (bicyclic) bond motifs is 4. The summed E-state index contributed by atoms with van der Waals surface area (Å²) in [6, 6.07) is 0.404. The Balaban J connectivity index is 0.000000161. The third-order valence-corrected chi connectivity index (χ3v) is 25.8. The predicted octanol–water partition coefficient (Wildman–Crippen LogP) is 8.30. The van der Waals surface area contributed by atoms with E-state index in [2.05, 4.69) is 124 Å². The summed E-state index contributed by atoms with van der Waals surface area (Å²) in [5, 5.41) is 39.0. The van der Waals surface area contributed by atoms with E-state index in [9.17, 15) is 18.0 Å². The van der Waals surface area contributed by atoms with Crippen LogP contribution in [-0.4, -0.2) is 224 Å². The quantitative estimate of drug-likeness (QED) is 0.0232. The van der Waals surface area contributed by atoms with Gasteiger partial charge < -0.3 is 36.6 Å². The Morgan fingerprint density at radius 1 is 0.500 bits per heavy atom. The van der Waals surface area contributed by atoms with E-state index in [1.165, 1.54) is 126 Å². The third-order valence-electron chi connectivity index (χ3n) is 24.4. The monoisotopic (exact) mass is 1470 g/mol. The zero-order chi connectivity index (χ0) is 74.6. The fourth-order valence-corrected chi connectivity index (χ4v) is 19.3. The maximum absolute atomic E-state index is 12.5. The fourth-order valence-electron chi connectivity index (χ4n) is 18.4. The molecule has 4 aliphatic heterocycles. The molecule has 0 radical (unpaired) electrons. The molecule has 0 saturated heterocycles. The first-order valence-electron chi connectivity index (χ1n) is 41.0. The molecule has 12 rings (SSSR count). The Labute approximate surface area is 627 Å². The van der Waals surface area contributed by atoms with E-state index in [4.69, 9.17) is 25.1 Å². The van der Waals surface area contributed by atoms with Crippen molar-refractivity contribution in [3.8, 4) is 0 Å². The van der Waals surface area contributed by atoms with Crippen LogP contribution in [0.4, 0.5) is 0 Å². The Hall–Kier alpha value is -4.67. The Kier molecular flexibility index (Phi) is 32.2. The number of carbonyl (C=O) groups is 2. The van der Waals surface area contributed by atoms with Crippen LogP contribution in [0.3, 0.4) is 0 Å². The number of hydrogen-bond acceptors (Lipinski definition) is 17. The lowest BCUT2D eigenvalue weighted by atomic mass is 9.69. The molecule has 104 heavy (non-hydrogen) atoms. The highest BCUT2D eigenvalue weighted by molar-refractivity contribution is 7.89. The molecule has 8 aliphatic rings. The summed E-state index contributed by atoms with van der Waals surface area (Å²) in [6.07, 6.45) is 26.4. The van der Waals surface area contributed by atoms with E-state index in [1.807, 2.05) is 42.0 Å². The van der Waals surface area contributed by atoms with Gasteiger partial charge in [-0.3, -0.25) is 47.9 Å². The van der Waals surface area contributed by atoms with Crippen LogP contribution in [0.25, 0.3) is 0 Å². The number of nitrogens with one attached hydrogen (secondary N) is 7. The fraction of sp³-hybridized carbons (Fsp3) is 0.823. The molecular formula is C79H141N19O5S. The molecule has 0 aromatic carbocycles. The number of aromatic nitrogens is 8. The summed E-state index contributed by atoms with van der Waals surface area (Å²) in [7, 11) is 13.6. The molecule has 7 N–H and O–H groups in total. The number of hydrogen-bond donors (Lipinski definition) is 7. The van der Waals surface area contributed by atoms with Gasteiger partial charge in [0.15, 0.2) is 0 Å². The Morgan fingerprint density at radius 3 is 1.19 bits per heavy atom. The number of carbonyl (C=O) groups excluding carboxylic acids is 2. The molecule has 0 bridgehead atoms. The van der Waals surface area contributed by atoms with E-state index >= 15 is 0 Å². The summed E-state index contributed by atoms with van der Waals surface area (Å²) >= 11 is 0. The van der Waals surface area contributed by atoms with Crippen molar-refractivity contribution in [2.75, 3.05) is 128 Å². The van der Waals surface area contributed by atoms with Crippen LogP contribution in [0, 0.1) is 5.41 Å². The lowest BCUT2D eigenvalue weighted by molar-refractivity contribution is -0.132. The zero-order valence-electron chi connectivity index (χ0n) is 67.2. The Bertz CT molecular complexity index is 3420. The van der Waals surface area contributed by atoms with Gasteiger partial charge in [-0.05, 0) is 249 Å². The number of likely N-dealkylation sites (N-methyl/N-ethyl adjacent to an activating group) is 8. The van der Waals surface area contributed by atoms with Gasteiger partial charge in [0.2, 0.25) is 21.8 Å². The van der Waals surface area contributed by atoms with Gasteiger partial charge in [0.1, 0.15) is 0 Å². The lowest BCUT2D eigenvalue weighted by Gasteiger charge is -2.39. The summed E-state index contributed by atoms with van der Waals surface area (Å²) in [6.45, 7) is 29.7. The van der Waals surface area contributed by atoms with Gasteiger partial charge in [0, 0.05) is 187 Å². The van der Waals surface area contributed by atoms with Crippen molar-refractivity contribution >= 4 is 21.8 Å². The van der Waals surface area contributed by atoms with E-state index in [1.54, 1.807) is 12.5 Å². The van der Waals surface area contributed by atoms with Gasteiger partial charge in [0.25, 0.3) is 0 Å². The maximum Gasteiger partial charge on any atom is 0.225 e. The van der Waals surface area contributed by atoms with Crippen LogP contribution in [0.1, 0.15) is 261 Å². The van der Waals surface area contributed by atoms with Crippen molar-refractivity contribution < 1.29 is 22.7 Å². The predicted molar refractivity (Wildman–Crippen MR) is 419 cm³/mol. The van der Waals surface area contributed by atoms with Crippen molar-refractivity contribution in [1.82, 2.24) is 95.3 Å². The van der Waals surface area contributed by atoms with Gasteiger partial charge in [-0.25, -0.2) is 13.1 Å². The van der Waals surface area contributed by atoms with E-state index in [0.717, 1.165) is 201 Å². The highest BCUT2D eigenvalue weighted by Crippen LogP contribution is 2.48. The summed E-state index contributed by atoms with van der Waals surface area (Å²) in [5.74, 6) is 2.77. The van der Waals surface area contributed by atoms with Crippen molar-refractivity contribution in [2.24, 2.45) is 5.41 Å². The average molecular weight is 1470 g/mol. The van der Waals surface area contributed by atoms with Crippen molar-refractivity contribution in [3.63, 3.8) is 0 Å². The first-order chi connectivity index (χ1) is 50.1. The van der Waals surface area contributed by atoms with Crippen LogP contribution >= 0.6 is 0 Å². The average Bonchev–Trinajstić information content (AvgIpc) is 1.64. The number of amides is 2. The van der Waals surface area contributed by atoms with E-state index in [0.29, 0.717) is 36.1 Å². The molecule has 24 nitrogen and oxygen atoms in total. The van der Waals surface area contributed by atoms with E-state index < -0.39 is 10.0 Å². The maximum atomic E-state index is 12.5. The molecule has 2 amide bonds. The highest BCUT2D eigenvalue weighted by atomic mass is 32.2. The normalized spacial score (nSPS) is 24.1. The Morgan fingerprint density at radius 2 is 0.856 bits per heavy atom. The van der Waals surface area contributed by atoms with Gasteiger partial charge in [-0.2, -0.15) is 20.4 Å². The van der Waals surface area contributed by atoms with Crippen LogP contribution in [-0.2, 0) is 102 Å².